The van der Waals surface area contributed by atoms with Gasteiger partial charge in [0.25, 0.3) is 11.8 Å². The summed E-state index contributed by atoms with van der Waals surface area (Å²) < 4.78 is 0. The number of phenols is 3. The number of aromatic carboxylic acids is 1. The second-order valence-corrected chi connectivity index (χ2v) is 19.1. The summed E-state index contributed by atoms with van der Waals surface area (Å²) in [5.74, 6) is -16.5. The number of carbonyl (C=O) groups is 13. The molecule has 6 aromatic carbocycles. The van der Waals surface area contributed by atoms with E-state index < -0.39 is 133 Å². The van der Waals surface area contributed by atoms with Crippen LogP contribution in [0.1, 0.15) is 67.0 Å². The molecule has 94 heavy (non-hydrogen) atoms. The lowest BCUT2D eigenvalue weighted by molar-refractivity contribution is -0.147. The monoisotopic (exact) mass is 1300 g/mol. The van der Waals surface area contributed by atoms with Gasteiger partial charge in [-0.15, -0.1) is 0 Å². The zero-order chi connectivity index (χ0) is 69.8. The van der Waals surface area contributed by atoms with Crippen molar-refractivity contribution < 1.29 is 124 Å². The van der Waals surface area contributed by atoms with Crippen molar-refractivity contribution in [3.63, 3.8) is 0 Å². The fraction of sp³-hybridized carbons (Fsp3) is 0.169. The van der Waals surface area contributed by atoms with E-state index in [4.69, 9.17) is 46.0 Å². The van der Waals surface area contributed by atoms with Gasteiger partial charge in [0.2, 0.25) is 11.8 Å². The lowest BCUT2D eigenvalue weighted by Crippen LogP contribution is -2.42. The first-order chi connectivity index (χ1) is 44.3. The molecule has 4 amide bonds. The van der Waals surface area contributed by atoms with Crippen molar-refractivity contribution in [3.8, 4) is 17.2 Å². The van der Waals surface area contributed by atoms with Crippen LogP contribution in [0, 0.1) is 0 Å². The van der Waals surface area contributed by atoms with Gasteiger partial charge in [-0.25, -0.2) is 19.2 Å². The average molecular weight is 1300 g/mol. The van der Waals surface area contributed by atoms with Crippen molar-refractivity contribution in [2.45, 2.75) is 56.7 Å². The minimum atomic E-state index is -1.72. The molecule has 0 saturated heterocycles. The summed E-state index contributed by atoms with van der Waals surface area (Å²) in [7, 11) is 0. The topological polar surface area (TPSA) is 587 Å². The Labute approximate surface area is 526 Å². The number of azo groups is 3. The number of benzene rings is 6. The number of hydrogen-bond donors (Lipinski definition) is 16. The summed E-state index contributed by atoms with van der Waals surface area (Å²) in [4.78, 5) is 146. The molecule has 0 radical (unpaired) electrons. The molecule has 3 atom stereocenters. The Kier molecular flexibility index (Phi) is 27.7. The molecule has 0 aliphatic carbocycles. The Morgan fingerprint density at radius 2 is 0.606 bits per heavy atom. The Morgan fingerprint density at radius 1 is 0.319 bits per heavy atom. The van der Waals surface area contributed by atoms with Gasteiger partial charge in [0, 0.05) is 0 Å². The largest absolute Gasteiger partial charge is 0.507 e. The zero-order valence-corrected chi connectivity index (χ0v) is 48.2. The summed E-state index contributed by atoms with van der Waals surface area (Å²) >= 11 is 0. The van der Waals surface area contributed by atoms with Gasteiger partial charge in [-0.2, -0.15) is 30.7 Å². The number of aliphatic carboxylic acids is 8. The van der Waals surface area contributed by atoms with Crippen LogP contribution in [0.25, 0.3) is 0 Å². The number of carboxylic acids is 9. The number of carboxylic acid groups (broad SMARTS) is 9. The summed E-state index contributed by atoms with van der Waals surface area (Å²) in [6.45, 7) is -0.577. The zero-order valence-electron chi connectivity index (χ0n) is 48.2. The van der Waals surface area contributed by atoms with Gasteiger partial charge >= 0.3 is 53.7 Å². The summed E-state index contributed by atoms with van der Waals surface area (Å²) in [6, 6.07) is 25.0. The van der Waals surface area contributed by atoms with Crippen molar-refractivity contribution in [2.24, 2.45) is 30.7 Å². The third kappa shape index (κ3) is 25.8. The Bertz CT molecular complexity index is 3930. The minimum Gasteiger partial charge on any atom is -0.507 e. The first-order valence-electron chi connectivity index (χ1n) is 26.6. The van der Waals surface area contributed by atoms with Crippen LogP contribution in [0.3, 0.4) is 0 Å². The molecule has 16 N–H and O–H groups in total. The van der Waals surface area contributed by atoms with Crippen LogP contribution in [0.15, 0.2) is 158 Å². The summed E-state index contributed by atoms with van der Waals surface area (Å²) in [5, 5.41) is 141. The number of nitrogens with zero attached hydrogens (tertiary/aromatic N) is 6. The Morgan fingerprint density at radius 3 is 0.915 bits per heavy atom. The Hall–Kier alpha value is -13.4. The summed E-state index contributed by atoms with van der Waals surface area (Å²) in [5.41, 5.74) is 2.61. The van der Waals surface area contributed by atoms with Crippen LogP contribution in [-0.2, 0) is 67.2 Å². The van der Waals surface area contributed by atoms with Crippen LogP contribution in [0.2, 0.25) is 0 Å². The lowest BCUT2D eigenvalue weighted by atomic mass is 10.1. The molecule has 3 unspecified atom stereocenters. The van der Waals surface area contributed by atoms with Crippen LogP contribution >= 0.6 is 0 Å². The quantitative estimate of drug-likeness (QED) is 0.0262. The van der Waals surface area contributed by atoms with Crippen molar-refractivity contribution >= 4 is 111 Å². The van der Waals surface area contributed by atoms with Crippen molar-refractivity contribution in [1.82, 2.24) is 21.3 Å². The second kappa shape index (κ2) is 35.6. The van der Waals surface area contributed by atoms with E-state index in [-0.39, 0.29) is 58.8 Å². The lowest BCUT2D eigenvalue weighted by Gasteiger charge is -2.13. The van der Waals surface area contributed by atoms with Gasteiger partial charge in [-0.1, -0.05) is 36.4 Å². The van der Waals surface area contributed by atoms with Crippen LogP contribution in [-0.4, -0.2) is 163 Å². The molecule has 0 saturated carbocycles. The van der Waals surface area contributed by atoms with Crippen LogP contribution < -0.4 is 21.3 Å². The second-order valence-electron chi connectivity index (χ2n) is 19.1. The highest BCUT2D eigenvalue weighted by molar-refractivity contribution is 6.01. The first-order valence-corrected chi connectivity index (χ1v) is 26.6. The number of aromatic hydroxyl groups is 3. The fourth-order valence-electron chi connectivity index (χ4n) is 7.33. The Balaban J connectivity index is 0.000000306. The molecule has 490 valence electrons. The molecule has 0 fully saturated rings. The average Bonchev–Trinajstić information content (AvgIpc) is 0.900. The molecule has 0 aliphatic heterocycles. The molecule has 0 heterocycles. The molecular weight excluding hydrogens is 1250 g/mol. The van der Waals surface area contributed by atoms with Crippen LogP contribution in [0.4, 0.5) is 34.1 Å². The molecule has 35 heteroatoms. The number of carbonyl (C=O) groups excluding carboxylic acids is 4. The summed E-state index contributed by atoms with van der Waals surface area (Å²) in [6.07, 6.45) is -2.87. The minimum absolute atomic E-state index is 0.0931. The number of nitrogens with one attached hydrogen (secondary N) is 4. The standard InChI is InChI=1S/C23H22N4O11.C19H17N3O8.C17H15N3O6/c28-17-6-5-13(8-14(17)21(34)25-16(23(37)38)10-20(32)33)27-26-12-3-1-11(2-4-12)7-18(29)24-15(22(35)36)9-19(30)31;23-15-6-5-12(8-13(15)18(27)28)22-21-11-3-1-10(2-4-11)7-16(24)20-14(19(29)30)9-17(25)26;21-14-6-5-12(8-13(14)17(26)18-9-16(24)25)20-19-11-3-1-10(2-4-11)7-15(22)23/h1-6,8,15-16,28H,7,9-10H2,(H,24,29)(H,25,34)(H,30,31)(H,32,33)(H,35,36)(H,37,38);1-6,8,14,23H,7,9H2,(H,20,24)(H,25,26)(H,27,28)(H,29,30);1-6,8,21H,7,9H2,(H,18,26)(H,22,23)(H,24,25). The van der Waals surface area contributed by atoms with E-state index in [9.17, 15) is 77.6 Å². The van der Waals surface area contributed by atoms with Gasteiger partial charge in [0.05, 0.1) is 83.8 Å². The number of phenolic OH excluding ortho intramolecular Hbond substituents is 2. The SMILES string of the molecule is O=C(O)CC(NC(=O)Cc1ccc(N=Nc2ccc(O)c(C(=O)NC(CC(=O)O)C(=O)O)c2)cc1)C(=O)O.O=C(O)CC(NC(=O)Cc1ccc(N=Nc2ccc(O)c(C(=O)O)c2)cc1)C(=O)O.O=C(O)CNC(=O)c1cc(N=Nc2ccc(CC(=O)O)cc2)ccc1O. The molecule has 0 spiro atoms. The molecular formula is C59H54N10O25. The van der Waals surface area contributed by atoms with Gasteiger partial charge in [0.1, 0.15) is 47.5 Å². The number of hydrogen-bond acceptors (Lipinski definition) is 22. The van der Waals surface area contributed by atoms with Crippen molar-refractivity contribution in [1.29, 1.82) is 0 Å². The maximum Gasteiger partial charge on any atom is 0.339 e. The van der Waals surface area contributed by atoms with E-state index in [0.29, 0.717) is 33.8 Å². The third-order valence-corrected chi connectivity index (χ3v) is 11.8. The third-order valence-electron chi connectivity index (χ3n) is 11.8. The van der Waals surface area contributed by atoms with Gasteiger partial charge in [-0.3, -0.25) is 43.2 Å². The maximum atomic E-state index is 12.4. The molecule has 35 nitrogen and oxygen atoms in total. The van der Waals surface area contributed by atoms with Gasteiger partial charge in [-0.05, 0) is 108 Å². The van der Waals surface area contributed by atoms with Crippen LogP contribution in [0.5, 0.6) is 17.2 Å². The van der Waals surface area contributed by atoms with E-state index in [1.54, 1.807) is 36.4 Å². The van der Waals surface area contributed by atoms with E-state index in [1.807, 2.05) is 5.32 Å². The smallest absolute Gasteiger partial charge is 0.339 e. The highest BCUT2D eigenvalue weighted by atomic mass is 16.4. The molecule has 6 aromatic rings. The predicted molar refractivity (Wildman–Crippen MR) is 317 cm³/mol. The van der Waals surface area contributed by atoms with E-state index in [1.165, 1.54) is 72.8 Å². The predicted octanol–water partition coefficient (Wildman–Crippen LogP) is 5.39. The first kappa shape index (κ1) is 73.1. The highest BCUT2D eigenvalue weighted by Gasteiger charge is 2.27. The molecule has 0 bridgehead atoms. The maximum absolute atomic E-state index is 12.4. The van der Waals surface area contributed by atoms with E-state index in [0.717, 1.165) is 18.2 Å². The molecule has 0 aromatic heterocycles. The van der Waals surface area contributed by atoms with E-state index in [2.05, 4.69) is 46.6 Å². The molecule has 6 rings (SSSR count). The number of rotatable bonds is 29. The fourth-order valence-corrected chi connectivity index (χ4v) is 7.33. The number of amides is 4. The van der Waals surface area contributed by atoms with Gasteiger partial charge in [0.15, 0.2) is 0 Å². The van der Waals surface area contributed by atoms with Crippen molar-refractivity contribution in [3.05, 3.63) is 161 Å². The van der Waals surface area contributed by atoms with E-state index >= 15 is 0 Å². The normalized spacial score (nSPS) is 11.7. The van der Waals surface area contributed by atoms with Crippen molar-refractivity contribution in [2.75, 3.05) is 6.54 Å². The highest BCUT2D eigenvalue weighted by Crippen LogP contribution is 2.29. The molecule has 0 aliphatic rings. The van der Waals surface area contributed by atoms with Gasteiger partial charge < -0.3 is 82.5 Å².